The number of carbonyl (C=O) groups is 2. The minimum Gasteiger partial charge on any atom is -0.399 e. The van der Waals surface area contributed by atoms with Crippen LogP contribution in [0.25, 0.3) is 0 Å². The zero-order valence-corrected chi connectivity index (χ0v) is 27.3. The molecule has 1 aliphatic rings. The van der Waals surface area contributed by atoms with Crippen LogP contribution in [-0.2, 0) is 19.6 Å². The molecule has 43 heavy (non-hydrogen) atoms. The number of carbonyl (C=O) groups excluding carboxylic acids is 2. The van der Waals surface area contributed by atoms with Crippen LogP contribution in [-0.4, -0.2) is 67.6 Å². The van der Waals surface area contributed by atoms with Crippen molar-refractivity contribution in [1.82, 2.24) is 14.9 Å². The smallest absolute Gasteiger partial charge is 0.251 e. The van der Waals surface area contributed by atoms with Crippen LogP contribution in [0.2, 0.25) is 0 Å². The number of benzene rings is 1. The first-order valence-corrected chi connectivity index (χ1v) is 16.8. The Morgan fingerprint density at radius 1 is 1.23 bits per heavy atom. The Bertz CT molecular complexity index is 1320. The molecule has 0 saturated heterocycles. The van der Waals surface area contributed by atoms with Gasteiger partial charge < -0.3 is 26.9 Å². The maximum Gasteiger partial charge on any atom is 0.251 e. The van der Waals surface area contributed by atoms with Crippen molar-refractivity contribution in [3.63, 3.8) is 0 Å². The number of sulfonamides is 1. The second kappa shape index (κ2) is 18.6. The Labute approximate surface area is 263 Å². The molecule has 10 nitrogen and oxygen atoms in total. The Morgan fingerprint density at radius 3 is 2.56 bits per heavy atom. The monoisotopic (exact) mass is 677 g/mol. The Balaban J connectivity index is 2.04. The van der Waals surface area contributed by atoms with Crippen molar-refractivity contribution in [1.29, 1.82) is 5.41 Å². The second-order valence-electron chi connectivity index (χ2n) is 10.2. The fourth-order valence-corrected chi connectivity index (χ4v) is 6.91. The average molecular weight is 679 g/mol. The van der Waals surface area contributed by atoms with Crippen molar-refractivity contribution >= 4 is 49.7 Å². The van der Waals surface area contributed by atoms with Gasteiger partial charge in [0.05, 0.1) is 11.5 Å². The highest BCUT2D eigenvalue weighted by Crippen LogP contribution is 2.27. The van der Waals surface area contributed by atoms with Gasteiger partial charge in [-0.1, -0.05) is 47.5 Å². The number of anilines is 1. The van der Waals surface area contributed by atoms with Crippen LogP contribution in [0.4, 0.5) is 5.69 Å². The van der Waals surface area contributed by atoms with Gasteiger partial charge in [0, 0.05) is 43.0 Å². The van der Waals surface area contributed by atoms with E-state index in [0.717, 1.165) is 29.1 Å². The third-order valence-electron chi connectivity index (χ3n) is 7.00. The molecule has 12 heteroatoms. The van der Waals surface area contributed by atoms with E-state index < -0.39 is 28.0 Å². The molecule has 0 radical (unpaired) electrons. The molecule has 2 atom stereocenters. The number of nitrogens with zero attached hydrogens (tertiary/aromatic N) is 1. The van der Waals surface area contributed by atoms with Crippen LogP contribution in [0.15, 0.2) is 75.2 Å². The van der Waals surface area contributed by atoms with Crippen LogP contribution < -0.4 is 16.4 Å². The Morgan fingerprint density at radius 2 is 1.95 bits per heavy atom. The summed E-state index contributed by atoms with van der Waals surface area (Å²) in [5.41, 5.74) is 7.46. The molecular formula is C31H44BrN5O5S. The van der Waals surface area contributed by atoms with Gasteiger partial charge in [-0.15, -0.1) is 0 Å². The lowest BCUT2D eigenvalue weighted by molar-refractivity contribution is -0.127. The predicted molar refractivity (Wildman–Crippen MR) is 175 cm³/mol. The largest absolute Gasteiger partial charge is 0.399 e. The lowest BCUT2D eigenvalue weighted by Gasteiger charge is -2.29. The fraction of sp³-hybridized carbons (Fsp3) is 0.452. The van der Waals surface area contributed by atoms with E-state index in [1.807, 2.05) is 19.1 Å². The van der Waals surface area contributed by atoms with Crippen LogP contribution in [0.1, 0.15) is 58.8 Å². The van der Waals surface area contributed by atoms with Crippen molar-refractivity contribution in [2.45, 2.75) is 75.8 Å². The Hall–Kier alpha value is -3.06. The molecule has 1 unspecified atom stereocenters. The highest BCUT2D eigenvalue weighted by Gasteiger charge is 2.30. The van der Waals surface area contributed by atoms with Crippen molar-refractivity contribution < 1.29 is 23.1 Å². The number of hydrogen-bond acceptors (Lipinski definition) is 7. The maximum absolute atomic E-state index is 13.3. The number of rotatable bonds is 18. The number of nitrogen functional groups attached to an aromatic ring is 1. The number of amides is 2. The zero-order chi connectivity index (χ0) is 31.8. The number of nitrogens with one attached hydrogen (secondary N) is 3. The minimum atomic E-state index is -3.83. The molecule has 0 heterocycles. The predicted octanol–water partition coefficient (Wildman–Crippen LogP) is 4.34. The highest BCUT2D eigenvalue weighted by atomic mass is 79.9. The van der Waals surface area contributed by atoms with E-state index in [-0.39, 0.29) is 24.0 Å². The second-order valence-corrected chi connectivity index (χ2v) is 13.0. The molecule has 1 aromatic rings. The first-order valence-electron chi connectivity index (χ1n) is 14.5. The summed E-state index contributed by atoms with van der Waals surface area (Å²) in [4.78, 5) is 26.3. The van der Waals surface area contributed by atoms with Gasteiger partial charge in [-0.25, -0.2) is 8.42 Å². The SMILES string of the molecule is CC=C(C=CC=N)C(=O)NC(CC1=C(Br)CCC=C1)C(=O)NCCCC[C@@H](CO)N(CCC)S(=O)(=O)c1ccc(N)cc1. The van der Waals surface area contributed by atoms with E-state index >= 15 is 0 Å². The van der Waals surface area contributed by atoms with E-state index in [0.29, 0.717) is 49.9 Å². The number of unbranched alkanes of at least 4 members (excludes halogenated alkanes) is 1. The van der Waals surface area contributed by atoms with Gasteiger partial charge in [-0.3, -0.25) is 9.59 Å². The van der Waals surface area contributed by atoms with Crippen molar-refractivity contribution in [3.05, 3.63) is 70.3 Å². The van der Waals surface area contributed by atoms with E-state index in [9.17, 15) is 23.1 Å². The highest BCUT2D eigenvalue weighted by molar-refractivity contribution is 9.11. The number of hydrogen-bond donors (Lipinski definition) is 5. The molecule has 0 aliphatic heterocycles. The van der Waals surface area contributed by atoms with Gasteiger partial charge in [0.2, 0.25) is 15.9 Å². The molecular weight excluding hydrogens is 634 g/mol. The van der Waals surface area contributed by atoms with E-state index in [2.05, 4.69) is 26.6 Å². The number of nitrogens with two attached hydrogens (primary N) is 1. The number of aliphatic hydroxyl groups excluding tert-OH is 1. The molecule has 1 aromatic carbocycles. The first-order chi connectivity index (χ1) is 20.6. The van der Waals surface area contributed by atoms with Gasteiger partial charge in [-0.2, -0.15) is 4.31 Å². The summed E-state index contributed by atoms with van der Waals surface area (Å²) in [5.74, 6) is -0.745. The van der Waals surface area contributed by atoms with Gasteiger partial charge in [0.25, 0.3) is 5.91 Å². The molecule has 0 spiro atoms. The molecule has 0 fully saturated rings. The molecule has 2 amide bonds. The molecule has 2 rings (SSSR count). The molecule has 1 aliphatic carbocycles. The minimum absolute atomic E-state index is 0.123. The standard InChI is InChI=1S/C31H44BrN5O5S/c1-3-20-37(43(41,42)27-16-14-25(34)15-17-27)26(22-38)12-7-8-19-35-31(40)29(21-24-10-5-6-13-28(24)32)36-30(39)23(4-2)11-9-18-33/h4-5,9-11,14-18,26,29,33,38H,3,6-8,12-13,19-22,34H2,1-2H3,(H,35,40)(H,36,39)/t26-,29?/m0/s1. The van der Waals surface area contributed by atoms with E-state index in [1.54, 1.807) is 13.0 Å². The van der Waals surface area contributed by atoms with E-state index in [1.165, 1.54) is 40.7 Å². The van der Waals surface area contributed by atoms with Crippen LogP contribution in [0, 0.1) is 5.41 Å². The Kier molecular flexibility index (Phi) is 15.6. The third-order valence-corrected chi connectivity index (χ3v) is 9.87. The third kappa shape index (κ3) is 11.2. The fourth-order valence-electron chi connectivity index (χ4n) is 4.65. The summed E-state index contributed by atoms with van der Waals surface area (Å²) in [6.45, 7) is 3.85. The molecule has 0 saturated carbocycles. The molecule has 0 aromatic heterocycles. The molecule has 236 valence electrons. The maximum atomic E-state index is 13.3. The topological polar surface area (TPSA) is 166 Å². The van der Waals surface area contributed by atoms with Crippen molar-refractivity contribution in [3.8, 4) is 0 Å². The molecule has 0 bridgehead atoms. The lowest BCUT2D eigenvalue weighted by Crippen LogP contribution is -2.47. The summed E-state index contributed by atoms with van der Waals surface area (Å²) in [6.07, 6.45) is 13.8. The van der Waals surface area contributed by atoms with Crippen LogP contribution in [0.5, 0.6) is 0 Å². The van der Waals surface area contributed by atoms with Gasteiger partial charge in [-0.05, 0) is 85.5 Å². The summed E-state index contributed by atoms with van der Waals surface area (Å²) in [7, 11) is -3.83. The summed E-state index contributed by atoms with van der Waals surface area (Å²) >= 11 is 3.59. The summed E-state index contributed by atoms with van der Waals surface area (Å²) in [6, 6.07) is 4.57. The van der Waals surface area contributed by atoms with Gasteiger partial charge >= 0.3 is 0 Å². The lowest BCUT2D eigenvalue weighted by atomic mass is 9.99. The van der Waals surface area contributed by atoms with Crippen molar-refractivity contribution in [2.24, 2.45) is 0 Å². The first kappa shape index (κ1) is 36.1. The summed E-state index contributed by atoms with van der Waals surface area (Å²) < 4.78 is 29.0. The van der Waals surface area contributed by atoms with E-state index in [4.69, 9.17) is 11.1 Å². The molecule has 6 N–H and O–H groups in total. The number of allylic oxidation sites excluding steroid dienone is 5. The van der Waals surface area contributed by atoms with Gasteiger partial charge in [0.1, 0.15) is 6.04 Å². The quantitative estimate of drug-likeness (QED) is 0.0510. The average Bonchev–Trinajstić information content (AvgIpc) is 2.99. The summed E-state index contributed by atoms with van der Waals surface area (Å²) in [5, 5.41) is 23.0. The van der Waals surface area contributed by atoms with Crippen LogP contribution in [0.3, 0.4) is 0 Å². The number of halogens is 1. The normalized spacial score (nSPS) is 15.5. The van der Waals surface area contributed by atoms with Crippen LogP contribution >= 0.6 is 15.9 Å². The zero-order valence-electron chi connectivity index (χ0n) is 24.9. The van der Waals surface area contributed by atoms with Gasteiger partial charge in [0.15, 0.2) is 0 Å². The number of aliphatic hydroxyl groups is 1. The van der Waals surface area contributed by atoms with Crippen molar-refractivity contribution in [2.75, 3.05) is 25.4 Å².